The van der Waals surface area contributed by atoms with Gasteiger partial charge in [-0.25, -0.2) is 0 Å². The van der Waals surface area contributed by atoms with E-state index in [0.29, 0.717) is 11.5 Å². The van der Waals surface area contributed by atoms with Gasteiger partial charge in [-0.2, -0.15) is 0 Å². The van der Waals surface area contributed by atoms with Crippen LogP contribution in [-0.4, -0.2) is 41.6 Å². The van der Waals surface area contributed by atoms with Crippen LogP contribution in [0.25, 0.3) is 10.9 Å². The van der Waals surface area contributed by atoms with Crippen LogP contribution in [0, 0.1) is 12.8 Å². The molecule has 1 aromatic carbocycles. The van der Waals surface area contributed by atoms with Crippen LogP contribution >= 0.6 is 0 Å². The number of rotatable bonds is 2. The minimum atomic E-state index is -0.00342. The molecular weight excluding hydrogens is 266 g/mol. The smallest absolute Gasteiger partial charge is 0.251 e. The summed E-state index contributed by atoms with van der Waals surface area (Å²) in [5.74, 6) is 1.42. The van der Waals surface area contributed by atoms with Gasteiger partial charge in [-0.1, -0.05) is 5.16 Å². The number of nitrogens with zero attached hydrogens (tertiary/aromatic N) is 2. The molecule has 2 bridgehead atoms. The maximum Gasteiger partial charge on any atom is 0.251 e. The Balaban J connectivity index is 1.53. The summed E-state index contributed by atoms with van der Waals surface area (Å²) >= 11 is 0. The van der Waals surface area contributed by atoms with Gasteiger partial charge in [-0.05, 0) is 57.0 Å². The first kappa shape index (κ1) is 12.8. The van der Waals surface area contributed by atoms with Crippen molar-refractivity contribution in [3.05, 3.63) is 29.5 Å². The van der Waals surface area contributed by atoms with E-state index in [1.165, 1.54) is 25.9 Å². The van der Waals surface area contributed by atoms with Gasteiger partial charge in [0.15, 0.2) is 0 Å². The van der Waals surface area contributed by atoms with Crippen LogP contribution in [0.4, 0.5) is 0 Å². The molecule has 0 saturated carbocycles. The molecule has 5 rings (SSSR count). The Morgan fingerprint density at radius 2 is 2.19 bits per heavy atom. The fourth-order valence-electron chi connectivity index (χ4n) is 3.59. The van der Waals surface area contributed by atoms with Gasteiger partial charge in [0, 0.05) is 23.5 Å². The van der Waals surface area contributed by atoms with Crippen LogP contribution in [0.3, 0.4) is 0 Å². The molecule has 110 valence electrons. The largest absolute Gasteiger partial charge is 0.360 e. The van der Waals surface area contributed by atoms with Gasteiger partial charge >= 0.3 is 0 Å². The summed E-state index contributed by atoms with van der Waals surface area (Å²) in [7, 11) is 0. The number of fused-ring (bicyclic) bond motifs is 4. The summed E-state index contributed by atoms with van der Waals surface area (Å²) in [5.41, 5.74) is 1.40. The van der Waals surface area contributed by atoms with Gasteiger partial charge in [0.05, 0.1) is 0 Å². The van der Waals surface area contributed by atoms with Gasteiger partial charge in [-0.15, -0.1) is 0 Å². The van der Waals surface area contributed by atoms with E-state index >= 15 is 0 Å². The molecule has 0 unspecified atom stereocenters. The van der Waals surface area contributed by atoms with Crippen LogP contribution in [-0.2, 0) is 0 Å². The number of carbonyl (C=O) groups is 1. The number of aromatic nitrogens is 1. The highest BCUT2D eigenvalue weighted by atomic mass is 16.5. The van der Waals surface area contributed by atoms with Crippen LogP contribution < -0.4 is 5.32 Å². The molecule has 5 nitrogen and oxygen atoms in total. The molecule has 2 aromatic rings. The zero-order valence-corrected chi connectivity index (χ0v) is 12.1. The number of aryl methyl sites for hydroxylation is 1. The maximum absolute atomic E-state index is 12.5. The van der Waals surface area contributed by atoms with Crippen molar-refractivity contribution in [2.24, 2.45) is 5.92 Å². The molecule has 1 N–H and O–H groups in total. The average Bonchev–Trinajstić information content (AvgIpc) is 2.89. The van der Waals surface area contributed by atoms with Crippen molar-refractivity contribution in [2.45, 2.75) is 25.8 Å². The Kier molecular flexibility index (Phi) is 2.96. The Hall–Kier alpha value is -1.88. The fraction of sp³-hybridized carbons (Fsp3) is 0.500. The summed E-state index contributed by atoms with van der Waals surface area (Å²) < 4.78 is 5.15. The lowest BCUT2D eigenvalue weighted by Gasteiger charge is -2.44. The maximum atomic E-state index is 12.5. The lowest BCUT2D eigenvalue weighted by atomic mass is 9.84. The Labute approximate surface area is 123 Å². The lowest BCUT2D eigenvalue weighted by Crippen LogP contribution is -2.57. The summed E-state index contributed by atoms with van der Waals surface area (Å²) in [6.07, 6.45) is 2.40. The number of amides is 1. The van der Waals surface area contributed by atoms with E-state index in [2.05, 4.69) is 15.4 Å². The Morgan fingerprint density at radius 3 is 2.90 bits per heavy atom. The molecule has 0 aliphatic carbocycles. The molecule has 0 spiro atoms. The second kappa shape index (κ2) is 4.84. The zero-order valence-electron chi connectivity index (χ0n) is 12.1. The van der Waals surface area contributed by atoms with Crippen LogP contribution in [0.15, 0.2) is 22.7 Å². The standard InChI is InChI=1S/C16H19N3O2/c1-10-13-3-2-12(8-14(13)18-21-10)16(20)17-15-9-19-6-4-11(15)5-7-19/h2-3,8,11,15H,4-7,9H2,1H3,(H,17,20)/t15-/m0/s1. The van der Waals surface area contributed by atoms with E-state index in [1.54, 1.807) is 0 Å². The molecule has 1 aromatic heterocycles. The van der Waals surface area contributed by atoms with Crippen molar-refractivity contribution in [3.63, 3.8) is 0 Å². The number of hydrogen-bond acceptors (Lipinski definition) is 4. The molecule has 3 aliphatic heterocycles. The van der Waals surface area contributed by atoms with Crippen molar-refractivity contribution < 1.29 is 9.32 Å². The van der Waals surface area contributed by atoms with Crippen molar-refractivity contribution in [1.82, 2.24) is 15.4 Å². The molecule has 3 fully saturated rings. The van der Waals surface area contributed by atoms with E-state index in [-0.39, 0.29) is 11.9 Å². The summed E-state index contributed by atoms with van der Waals surface area (Å²) in [5, 5.41) is 8.15. The molecule has 1 amide bonds. The molecule has 21 heavy (non-hydrogen) atoms. The number of hydrogen-bond donors (Lipinski definition) is 1. The monoisotopic (exact) mass is 285 g/mol. The molecule has 1 atom stereocenters. The normalized spacial score (nSPS) is 28.0. The van der Waals surface area contributed by atoms with E-state index in [1.807, 2.05) is 25.1 Å². The highest BCUT2D eigenvalue weighted by Crippen LogP contribution is 2.28. The van der Waals surface area contributed by atoms with Crippen LogP contribution in [0.5, 0.6) is 0 Å². The molecule has 3 aliphatic rings. The highest BCUT2D eigenvalue weighted by molar-refractivity contribution is 5.98. The Morgan fingerprint density at radius 1 is 1.38 bits per heavy atom. The fourth-order valence-corrected chi connectivity index (χ4v) is 3.59. The summed E-state index contributed by atoms with van der Waals surface area (Å²) in [6.45, 7) is 5.23. The van der Waals surface area contributed by atoms with Gasteiger partial charge in [0.25, 0.3) is 5.91 Å². The second-order valence-electron chi connectivity index (χ2n) is 6.19. The summed E-state index contributed by atoms with van der Waals surface area (Å²) in [6, 6.07) is 5.85. The van der Waals surface area contributed by atoms with Crippen molar-refractivity contribution in [1.29, 1.82) is 0 Å². The minimum absolute atomic E-state index is 0.00342. The SMILES string of the molecule is Cc1onc2cc(C(=O)N[C@H]3CN4CCC3CC4)ccc12. The van der Waals surface area contributed by atoms with Gasteiger partial charge in [-0.3, -0.25) is 4.79 Å². The van der Waals surface area contributed by atoms with E-state index < -0.39 is 0 Å². The topological polar surface area (TPSA) is 58.4 Å². The second-order valence-corrected chi connectivity index (χ2v) is 6.19. The third-order valence-electron chi connectivity index (χ3n) is 4.89. The third kappa shape index (κ3) is 2.21. The van der Waals surface area contributed by atoms with E-state index in [4.69, 9.17) is 4.52 Å². The number of benzene rings is 1. The van der Waals surface area contributed by atoms with E-state index in [0.717, 1.165) is 23.2 Å². The quantitative estimate of drug-likeness (QED) is 0.916. The third-order valence-corrected chi connectivity index (χ3v) is 4.89. The predicted octanol–water partition coefficient (Wildman–Crippen LogP) is 1.96. The molecule has 0 radical (unpaired) electrons. The first-order valence-electron chi connectivity index (χ1n) is 7.60. The molecular formula is C16H19N3O2. The molecule has 5 heteroatoms. The van der Waals surface area contributed by atoms with Gasteiger partial charge in [0.1, 0.15) is 11.3 Å². The molecule has 3 saturated heterocycles. The van der Waals surface area contributed by atoms with Crippen molar-refractivity contribution in [2.75, 3.05) is 19.6 Å². The van der Waals surface area contributed by atoms with Crippen LogP contribution in [0.1, 0.15) is 29.0 Å². The average molecular weight is 285 g/mol. The van der Waals surface area contributed by atoms with E-state index in [9.17, 15) is 4.79 Å². The minimum Gasteiger partial charge on any atom is -0.360 e. The first-order chi connectivity index (χ1) is 10.2. The number of piperidine rings is 3. The highest BCUT2D eigenvalue weighted by Gasteiger charge is 2.34. The predicted molar refractivity (Wildman–Crippen MR) is 79.2 cm³/mol. The van der Waals surface area contributed by atoms with Gasteiger partial charge < -0.3 is 14.7 Å². The number of carbonyl (C=O) groups excluding carboxylic acids is 1. The van der Waals surface area contributed by atoms with Gasteiger partial charge in [0.2, 0.25) is 0 Å². The number of nitrogens with one attached hydrogen (secondary N) is 1. The van der Waals surface area contributed by atoms with Crippen molar-refractivity contribution in [3.8, 4) is 0 Å². The zero-order chi connectivity index (χ0) is 14.4. The Bertz CT molecular complexity index is 686. The van der Waals surface area contributed by atoms with Crippen molar-refractivity contribution >= 4 is 16.8 Å². The molecule has 4 heterocycles. The lowest BCUT2D eigenvalue weighted by molar-refractivity contribution is 0.0620. The van der Waals surface area contributed by atoms with Crippen LogP contribution in [0.2, 0.25) is 0 Å². The summed E-state index contributed by atoms with van der Waals surface area (Å²) in [4.78, 5) is 14.9. The first-order valence-corrected chi connectivity index (χ1v) is 7.60.